The first-order valence-electron chi connectivity index (χ1n) is 18.6. The van der Waals surface area contributed by atoms with Crippen LogP contribution in [0, 0.1) is 0 Å². The Morgan fingerprint density at radius 1 is 0.415 bits per heavy atom. The molecule has 9 aromatic rings. The van der Waals surface area contributed by atoms with Gasteiger partial charge in [-0.15, -0.1) is 0 Å². The molecule has 250 valence electrons. The van der Waals surface area contributed by atoms with Gasteiger partial charge in [-0.1, -0.05) is 176 Å². The third-order valence-electron chi connectivity index (χ3n) is 11.7. The fourth-order valence-electron chi connectivity index (χ4n) is 9.54. The quantitative estimate of drug-likeness (QED) is 0.185. The summed E-state index contributed by atoms with van der Waals surface area (Å²) in [5.74, 6) is 0. The van der Waals surface area contributed by atoms with Crippen LogP contribution in [0.5, 0.6) is 0 Å². The number of hydrogen-bond donors (Lipinski definition) is 1. The molecule has 2 nitrogen and oxygen atoms in total. The van der Waals surface area contributed by atoms with Crippen molar-refractivity contribution < 1.29 is 0 Å². The van der Waals surface area contributed by atoms with Gasteiger partial charge < -0.3 is 4.57 Å². The van der Waals surface area contributed by atoms with Gasteiger partial charge in [0.1, 0.15) is 0 Å². The van der Waals surface area contributed by atoms with Crippen LogP contribution in [0.25, 0.3) is 66.3 Å². The van der Waals surface area contributed by atoms with Crippen molar-refractivity contribution >= 4 is 21.8 Å². The van der Waals surface area contributed by atoms with Crippen LogP contribution < -0.4 is 5.32 Å². The van der Waals surface area contributed by atoms with Crippen LogP contribution in [0.15, 0.2) is 188 Å². The second-order valence-electron chi connectivity index (χ2n) is 14.4. The topological polar surface area (TPSA) is 17.0 Å². The highest BCUT2D eigenvalue weighted by molar-refractivity contribution is 6.16. The first-order valence-corrected chi connectivity index (χ1v) is 18.6. The van der Waals surface area contributed by atoms with Crippen molar-refractivity contribution in [3.8, 4) is 44.5 Å². The zero-order valence-corrected chi connectivity index (χ0v) is 29.3. The van der Waals surface area contributed by atoms with E-state index in [1.807, 2.05) is 0 Å². The molecule has 0 aliphatic heterocycles. The lowest BCUT2D eigenvalue weighted by atomic mass is 9.70. The second-order valence-corrected chi connectivity index (χ2v) is 14.4. The number of rotatable bonds is 6. The van der Waals surface area contributed by atoms with Crippen molar-refractivity contribution in [3.05, 3.63) is 216 Å². The van der Waals surface area contributed by atoms with Gasteiger partial charge in [-0.05, 0) is 78.9 Å². The minimum atomic E-state index is -0.380. The Morgan fingerprint density at radius 3 is 1.64 bits per heavy atom. The summed E-state index contributed by atoms with van der Waals surface area (Å²) in [5, 5.41) is 6.46. The van der Waals surface area contributed by atoms with E-state index in [9.17, 15) is 0 Å². The fraction of sp³-hybridized carbons (Fsp3) is 0.0588. The van der Waals surface area contributed by atoms with E-state index >= 15 is 0 Å². The zero-order chi connectivity index (χ0) is 34.9. The van der Waals surface area contributed by atoms with Crippen LogP contribution in [0.3, 0.4) is 0 Å². The van der Waals surface area contributed by atoms with Crippen molar-refractivity contribution in [2.75, 3.05) is 0 Å². The monoisotopic (exact) mass is 676 g/mol. The van der Waals surface area contributed by atoms with Gasteiger partial charge in [0.15, 0.2) is 0 Å². The number of nitrogens with one attached hydrogen (secondary N) is 1. The number of benzene rings is 8. The molecule has 0 amide bonds. The van der Waals surface area contributed by atoms with Gasteiger partial charge in [-0.25, -0.2) is 0 Å². The fourth-order valence-corrected chi connectivity index (χ4v) is 9.54. The van der Waals surface area contributed by atoms with Gasteiger partial charge >= 0.3 is 0 Å². The summed E-state index contributed by atoms with van der Waals surface area (Å²) in [6.45, 7) is 1.43. The van der Waals surface area contributed by atoms with Crippen molar-refractivity contribution in [1.29, 1.82) is 0 Å². The van der Waals surface area contributed by atoms with Gasteiger partial charge in [0.2, 0.25) is 0 Å². The third kappa shape index (κ3) is 4.37. The zero-order valence-electron chi connectivity index (χ0n) is 29.3. The van der Waals surface area contributed by atoms with Crippen molar-refractivity contribution in [3.63, 3.8) is 0 Å². The Labute approximate surface area is 309 Å². The van der Waals surface area contributed by atoms with E-state index in [1.165, 1.54) is 94.1 Å². The molecule has 1 spiro atoms. The summed E-state index contributed by atoms with van der Waals surface area (Å²) in [7, 11) is 0. The average molecular weight is 677 g/mol. The van der Waals surface area contributed by atoms with Crippen LogP contribution in [0.1, 0.15) is 27.8 Å². The number of nitrogens with zero attached hydrogens (tertiary/aromatic N) is 1. The Kier molecular flexibility index (Phi) is 6.71. The third-order valence-corrected chi connectivity index (χ3v) is 11.7. The van der Waals surface area contributed by atoms with Gasteiger partial charge in [-0.2, -0.15) is 0 Å². The van der Waals surface area contributed by atoms with E-state index in [1.54, 1.807) is 0 Å². The average Bonchev–Trinajstić information content (AvgIpc) is 3.83. The largest absolute Gasteiger partial charge is 0.326 e. The Bertz CT molecular complexity index is 2820. The lowest BCUT2D eigenvalue weighted by Crippen LogP contribution is -2.25. The molecule has 1 aromatic heterocycles. The van der Waals surface area contributed by atoms with E-state index in [2.05, 4.69) is 198 Å². The molecular formula is C51H36N2. The first-order chi connectivity index (χ1) is 26.3. The maximum Gasteiger partial charge on any atom is 0.0734 e. The van der Waals surface area contributed by atoms with Crippen LogP contribution in [-0.2, 0) is 18.6 Å². The molecule has 0 saturated carbocycles. The highest BCUT2D eigenvalue weighted by Crippen LogP contribution is 2.64. The van der Waals surface area contributed by atoms with Crippen LogP contribution in [0.4, 0.5) is 0 Å². The summed E-state index contributed by atoms with van der Waals surface area (Å²) < 4.78 is 2.56. The highest BCUT2D eigenvalue weighted by Gasteiger charge is 2.52. The molecular weight excluding hydrogens is 641 g/mol. The molecule has 0 radical (unpaired) electrons. The van der Waals surface area contributed by atoms with Gasteiger partial charge in [-0.3, -0.25) is 5.32 Å². The molecule has 2 aliphatic carbocycles. The van der Waals surface area contributed by atoms with Gasteiger partial charge in [0.25, 0.3) is 0 Å². The van der Waals surface area contributed by atoms with E-state index in [-0.39, 0.29) is 5.41 Å². The minimum absolute atomic E-state index is 0.380. The normalized spacial score (nSPS) is 13.3. The van der Waals surface area contributed by atoms with Gasteiger partial charge in [0.05, 0.1) is 23.1 Å². The maximum atomic E-state index is 3.90. The Hall–Kier alpha value is -6.48. The lowest BCUT2D eigenvalue weighted by Gasteiger charge is -2.30. The van der Waals surface area contributed by atoms with Crippen molar-refractivity contribution in [1.82, 2.24) is 9.88 Å². The predicted molar refractivity (Wildman–Crippen MR) is 220 cm³/mol. The standard InChI is InChI=1S/C51H36N2/c1-3-15-35(16-4-1)37-19-13-14-34(30-37)32-52-33-53-48-31-38(36-17-5-2-6-18-36)26-27-41(48)42-28-29-47-49(50(42)53)43-22-9-12-25-46(43)51(47)44-23-10-7-20-39(44)40-21-8-11-24-45(40)51/h1-31,52H,32-33H2. The highest BCUT2D eigenvalue weighted by atomic mass is 15.1. The number of fused-ring (bicyclic) bond motifs is 14. The summed E-state index contributed by atoms with van der Waals surface area (Å²) in [4.78, 5) is 0. The molecule has 0 saturated heterocycles. The van der Waals surface area contributed by atoms with E-state index in [4.69, 9.17) is 0 Å². The van der Waals surface area contributed by atoms with Crippen molar-refractivity contribution in [2.24, 2.45) is 0 Å². The SMILES string of the molecule is c1ccc(-c2cccc(CNCn3c4cc(-c5ccccc5)ccc4c4ccc5c(c43)-c3ccccc3C53c4ccccc4-c4ccccc43)c2)cc1. The van der Waals surface area contributed by atoms with E-state index in [0.29, 0.717) is 6.67 Å². The summed E-state index contributed by atoms with van der Waals surface area (Å²) in [5.41, 5.74) is 19.2. The van der Waals surface area contributed by atoms with Crippen molar-refractivity contribution in [2.45, 2.75) is 18.6 Å². The van der Waals surface area contributed by atoms with Crippen LogP contribution in [-0.4, -0.2) is 4.57 Å². The maximum absolute atomic E-state index is 3.90. The van der Waals surface area contributed by atoms with Crippen LogP contribution in [0.2, 0.25) is 0 Å². The van der Waals surface area contributed by atoms with E-state index in [0.717, 1.165) is 6.54 Å². The summed E-state index contributed by atoms with van der Waals surface area (Å²) in [6, 6.07) is 69.5. The molecule has 2 aliphatic rings. The molecule has 0 unspecified atom stereocenters. The molecule has 1 N–H and O–H groups in total. The summed E-state index contributed by atoms with van der Waals surface area (Å²) >= 11 is 0. The Balaban J connectivity index is 1.13. The molecule has 0 fully saturated rings. The molecule has 0 atom stereocenters. The lowest BCUT2D eigenvalue weighted by molar-refractivity contribution is 0.583. The van der Waals surface area contributed by atoms with E-state index < -0.39 is 0 Å². The Morgan fingerprint density at radius 2 is 0.962 bits per heavy atom. The molecule has 0 bridgehead atoms. The molecule has 53 heavy (non-hydrogen) atoms. The van der Waals surface area contributed by atoms with Gasteiger partial charge in [0, 0.05) is 22.9 Å². The first kappa shape index (κ1) is 30.2. The second kappa shape index (κ2) is 11.8. The summed E-state index contributed by atoms with van der Waals surface area (Å²) in [6.07, 6.45) is 0. The number of aromatic nitrogens is 1. The predicted octanol–water partition coefficient (Wildman–Crippen LogP) is 12.2. The molecule has 11 rings (SSSR count). The molecule has 2 heteroatoms. The molecule has 1 heterocycles. The smallest absolute Gasteiger partial charge is 0.0734 e. The van der Waals surface area contributed by atoms with Crippen LogP contribution >= 0.6 is 0 Å². The molecule has 8 aromatic carbocycles. The number of hydrogen-bond acceptors (Lipinski definition) is 1. The minimum Gasteiger partial charge on any atom is -0.326 e.